The van der Waals surface area contributed by atoms with E-state index in [0.717, 1.165) is 22.4 Å². The van der Waals surface area contributed by atoms with Crippen molar-refractivity contribution in [3.63, 3.8) is 0 Å². The fraction of sp³-hybridized carbons (Fsp3) is 0.627. The number of Topliss-reactive ketones (excluding diaryl/α,β-unsaturated/α-hetero) is 2. The summed E-state index contributed by atoms with van der Waals surface area (Å²) in [6.07, 6.45) is 7.86. The van der Waals surface area contributed by atoms with Crippen LogP contribution in [0.15, 0.2) is 84.0 Å². The van der Waals surface area contributed by atoms with E-state index in [0.29, 0.717) is 70.0 Å². The van der Waals surface area contributed by atoms with Crippen molar-refractivity contribution >= 4 is 29.5 Å². The second-order valence-electron chi connectivity index (χ2n) is 21.6. The number of piperidine rings is 1. The smallest absolute Gasteiger partial charge is 0.329 e. The van der Waals surface area contributed by atoms with Gasteiger partial charge >= 0.3 is 5.97 Å². The van der Waals surface area contributed by atoms with Gasteiger partial charge in [0.05, 0.1) is 30.0 Å². The molecule has 0 spiro atoms. The maximum Gasteiger partial charge on any atom is 0.329 e. The number of hydrogen-bond acceptors (Lipinski definition) is 13. The molecule has 0 radical (unpaired) electrons. The minimum atomic E-state index is -2.53. The van der Waals surface area contributed by atoms with E-state index in [1.54, 1.807) is 21.0 Å². The molecule has 3 fully saturated rings. The molecule has 14 unspecified atom stereocenters. The maximum absolute atomic E-state index is 14.6. The number of carbonyl (C=O) groups excluding carboxylic acids is 4. The first-order valence-electron chi connectivity index (χ1n) is 26.6. The lowest BCUT2D eigenvalue weighted by atomic mass is 9.74. The Morgan fingerprint density at radius 1 is 0.877 bits per heavy atom. The molecule has 14 heteroatoms. The number of allylic oxidation sites excluding steroid dienone is 3. The van der Waals surface area contributed by atoms with Gasteiger partial charge < -0.3 is 48.6 Å². The number of esters is 1. The first-order chi connectivity index (χ1) is 34.8. The lowest BCUT2D eigenvalue weighted by Crippen LogP contribution is -2.64. The maximum atomic E-state index is 14.6. The Morgan fingerprint density at radius 2 is 1.58 bits per heavy atom. The fourth-order valence-electron chi connectivity index (χ4n) is 11.6. The number of nitrogens with zero attached hydrogens (tertiary/aromatic N) is 1. The molecule has 1 saturated carbocycles. The van der Waals surface area contributed by atoms with Crippen molar-refractivity contribution in [2.45, 2.75) is 179 Å². The van der Waals surface area contributed by atoms with Crippen molar-refractivity contribution in [2.24, 2.45) is 29.6 Å². The predicted molar refractivity (Wildman–Crippen MR) is 278 cm³/mol. The van der Waals surface area contributed by atoms with Crippen molar-refractivity contribution in [1.29, 1.82) is 0 Å². The van der Waals surface area contributed by atoms with E-state index in [4.69, 9.17) is 28.4 Å². The molecule has 2 aromatic rings. The second-order valence-corrected chi connectivity index (χ2v) is 21.6. The third kappa shape index (κ3) is 14.4. The van der Waals surface area contributed by atoms with Crippen LogP contribution in [0.25, 0.3) is 6.08 Å². The van der Waals surface area contributed by atoms with Crippen LogP contribution in [0.3, 0.4) is 0 Å². The van der Waals surface area contributed by atoms with E-state index in [2.05, 4.69) is 6.92 Å². The number of hydrogen-bond donors (Lipinski definition) is 3. The van der Waals surface area contributed by atoms with Gasteiger partial charge in [-0.05, 0) is 125 Å². The third-order valence-corrected chi connectivity index (χ3v) is 16.1. The van der Waals surface area contributed by atoms with Gasteiger partial charge in [0.1, 0.15) is 36.4 Å². The zero-order valence-electron chi connectivity index (χ0n) is 44.7. The zero-order valence-corrected chi connectivity index (χ0v) is 44.7. The molecule has 14 atom stereocenters. The molecule has 73 heavy (non-hydrogen) atoms. The molecule has 2 saturated heterocycles. The average molecular weight is 1010 g/mol. The molecule has 2 aromatic carbocycles. The molecule has 402 valence electrons. The summed E-state index contributed by atoms with van der Waals surface area (Å²) in [7, 11) is 4.66. The molecule has 1 amide bonds. The minimum Gasteiger partial charge on any atom is -0.489 e. The van der Waals surface area contributed by atoms with Gasteiger partial charge in [0.25, 0.3) is 11.7 Å². The number of amides is 1. The number of carbonyl (C=O) groups is 4. The molecule has 3 N–H and O–H groups in total. The Morgan fingerprint density at radius 3 is 2.25 bits per heavy atom. The van der Waals surface area contributed by atoms with Crippen LogP contribution in [0.5, 0.6) is 5.75 Å². The van der Waals surface area contributed by atoms with E-state index in [1.165, 1.54) is 19.1 Å². The van der Waals surface area contributed by atoms with E-state index in [9.17, 15) is 34.5 Å². The van der Waals surface area contributed by atoms with Crippen LogP contribution < -0.4 is 4.74 Å². The third-order valence-electron chi connectivity index (χ3n) is 16.1. The summed E-state index contributed by atoms with van der Waals surface area (Å²) in [6.45, 7) is 11.7. The monoisotopic (exact) mass is 1010 g/mol. The number of fused-ring (bicyclic) bond motifs is 3. The first-order valence-corrected chi connectivity index (χ1v) is 26.6. The second kappa shape index (κ2) is 26.3. The summed E-state index contributed by atoms with van der Waals surface area (Å²) in [5.74, 6) is -7.04. The first kappa shape index (κ1) is 57.7. The molecule has 6 rings (SSSR count). The molecule has 2 bridgehead atoms. The van der Waals surface area contributed by atoms with Crippen LogP contribution in [-0.2, 0) is 49.5 Å². The van der Waals surface area contributed by atoms with Gasteiger partial charge in [-0.25, -0.2) is 4.79 Å². The van der Waals surface area contributed by atoms with Crippen molar-refractivity contribution in [3.8, 4) is 5.75 Å². The van der Waals surface area contributed by atoms with Gasteiger partial charge in [0, 0.05) is 52.0 Å². The SMILES string of the molecule is CCC1/C=C(\C)CC(C)CC(OC)C2OC(O)(C(=O)C(=O)N3CCCCC3C(=O)OC(C(C)=CC3CCC(O)(CC=Cc4ccc(OCc5ccccc5)cc4)C(OC)C3)C(C)C(O)CC1=O)C(C)CC2OC. The average Bonchev–Trinajstić information content (AvgIpc) is 3.38. The number of cyclic esters (lactones) is 1. The Bertz CT molecular complexity index is 2240. The van der Waals surface area contributed by atoms with Gasteiger partial charge in [-0.2, -0.15) is 0 Å². The summed E-state index contributed by atoms with van der Waals surface area (Å²) in [5, 5.41) is 36.1. The summed E-state index contributed by atoms with van der Waals surface area (Å²) in [5.41, 5.74) is 2.53. The topological polar surface area (TPSA) is 188 Å². The van der Waals surface area contributed by atoms with Crippen LogP contribution in [0, 0.1) is 29.6 Å². The summed E-state index contributed by atoms with van der Waals surface area (Å²) < 4.78 is 36.4. The highest BCUT2D eigenvalue weighted by atomic mass is 16.7. The lowest BCUT2D eigenvalue weighted by molar-refractivity contribution is -0.302. The molecule has 14 nitrogen and oxygen atoms in total. The van der Waals surface area contributed by atoms with E-state index >= 15 is 0 Å². The Balaban J connectivity index is 1.24. The fourth-order valence-corrected chi connectivity index (χ4v) is 11.6. The minimum absolute atomic E-state index is 0.0157. The van der Waals surface area contributed by atoms with Crippen molar-refractivity contribution < 1.29 is 62.9 Å². The van der Waals surface area contributed by atoms with Gasteiger partial charge in [-0.1, -0.05) is 100 Å². The molecule has 4 aliphatic rings. The van der Waals surface area contributed by atoms with Gasteiger partial charge in [0.15, 0.2) is 0 Å². The number of aliphatic hydroxyl groups is 3. The number of aliphatic hydroxyl groups excluding tert-OH is 1. The zero-order chi connectivity index (χ0) is 53.0. The van der Waals surface area contributed by atoms with E-state index in [1.807, 2.05) is 99.7 Å². The molecule has 0 aromatic heterocycles. The number of benzene rings is 2. The lowest BCUT2D eigenvalue weighted by Gasteiger charge is -2.47. The summed E-state index contributed by atoms with van der Waals surface area (Å²) in [4.78, 5) is 58.7. The largest absolute Gasteiger partial charge is 0.489 e. The normalized spacial score (nSPS) is 35.6. The highest BCUT2D eigenvalue weighted by molar-refractivity contribution is 6.39. The Kier molecular flexibility index (Phi) is 20.8. The van der Waals surface area contributed by atoms with Crippen LogP contribution in [0.1, 0.15) is 130 Å². The van der Waals surface area contributed by atoms with Crippen molar-refractivity contribution in [2.75, 3.05) is 27.9 Å². The van der Waals surface area contributed by atoms with Crippen LogP contribution >= 0.6 is 0 Å². The van der Waals surface area contributed by atoms with Crippen molar-refractivity contribution in [1.82, 2.24) is 4.90 Å². The molecular weight excluding hydrogens is 931 g/mol. The van der Waals surface area contributed by atoms with E-state index < -0.39 is 89.5 Å². The predicted octanol–water partition coefficient (Wildman–Crippen LogP) is 8.53. The highest BCUT2D eigenvalue weighted by Crippen LogP contribution is 2.41. The number of ether oxygens (including phenoxy) is 6. The number of methoxy groups -OCH3 is 3. The molecule has 1 aliphatic carbocycles. The van der Waals surface area contributed by atoms with Gasteiger partial charge in [-0.15, -0.1) is 0 Å². The van der Waals surface area contributed by atoms with Crippen LogP contribution in [0.2, 0.25) is 0 Å². The van der Waals surface area contributed by atoms with Gasteiger partial charge in [0.2, 0.25) is 5.79 Å². The Hall–Kier alpha value is -4.54. The van der Waals surface area contributed by atoms with Gasteiger partial charge in [-0.3, -0.25) is 14.4 Å². The van der Waals surface area contributed by atoms with E-state index in [-0.39, 0.29) is 43.4 Å². The highest BCUT2D eigenvalue weighted by Gasteiger charge is 2.57. The number of ketones is 2. The summed E-state index contributed by atoms with van der Waals surface area (Å²) >= 11 is 0. The van der Waals surface area contributed by atoms with Crippen LogP contribution in [0.4, 0.5) is 0 Å². The standard InChI is InChI=1S/C59H83NO13/c1-10-45-30-37(2)29-38(3)31-50(68-7)54-51(69-8)33-40(5)59(67,73-54)55(63)56(64)60-28-15-14-20-47(60)57(65)72-53(41(6)48(61)35-49(45)62)39(4)32-44-25-27-58(66,52(34-44)70-9)26-16-19-42-21-23-46(24-22-42)71-36-43-17-12-11-13-18-43/h11-13,16-19,21-24,30,32,38,40-41,44-45,47-48,50-54,61,66-67H,10,14-15,20,25-29,31,33-36H2,1-9H3/b19-16?,37-30+,39-32?. The van der Waals surface area contributed by atoms with Crippen LogP contribution in [-0.4, -0.2) is 126 Å². The molecule has 3 heterocycles. The van der Waals surface area contributed by atoms with Crippen molar-refractivity contribution in [3.05, 3.63) is 95.1 Å². The molecular formula is C59H83NO13. The molecule has 3 aliphatic heterocycles. The summed E-state index contributed by atoms with van der Waals surface area (Å²) in [6, 6.07) is 16.6. The number of rotatable bonds is 12. The quantitative estimate of drug-likeness (QED) is 0.104. The Labute approximate surface area is 433 Å².